The summed E-state index contributed by atoms with van der Waals surface area (Å²) >= 11 is 1.21. The van der Waals surface area contributed by atoms with Gasteiger partial charge in [0.2, 0.25) is 0 Å². The van der Waals surface area contributed by atoms with Crippen LogP contribution < -0.4 is 10.6 Å². The second kappa shape index (κ2) is 6.99. The lowest BCUT2D eigenvalue weighted by Crippen LogP contribution is -2.26. The molecule has 0 spiro atoms. The minimum absolute atomic E-state index is 0.243. The second-order valence-electron chi connectivity index (χ2n) is 4.92. The summed E-state index contributed by atoms with van der Waals surface area (Å²) < 4.78 is 41.5. The Morgan fingerprint density at radius 2 is 1.91 bits per heavy atom. The predicted molar refractivity (Wildman–Crippen MR) is 83.9 cm³/mol. The van der Waals surface area contributed by atoms with Crippen LogP contribution in [0, 0.1) is 6.92 Å². The average Bonchev–Trinajstić information content (AvgIpc) is 2.87. The van der Waals surface area contributed by atoms with Gasteiger partial charge in [-0.1, -0.05) is 12.1 Å². The number of hydrogen-bond acceptors (Lipinski definition) is 4. The molecule has 0 aliphatic heterocycles. The molecule has 124 valence electrons. The summed E-state index contributed by atoms with van der Waals surface area (Å²) in [5.74, 6) is -0.243. The van der Waals surface area contributed by atoms with E-state index in [4.69, 9.17) is 0 Å². The van der Waals surface area contributed by atoms with Gasteiger partial charge in [0.1, 0.15) is 5.00 Å². The molecule has 1 amide bonds. The standard InChI is InChI=1S/C15H16F3N3OS/c1-9-12(14(19-2)23-21-9)13(22)20-8-7-10-3-5-11(6-4-10)15(16,17)18/h3-6,19H,7-8H2,1-2H3,(H,20,22). The van der Waals surface area contributed by atoms with E-state index >= 15 is 0 Å². The summed E-state index contributed by atoms with van der Waals surface area (Å²) in [6, 6.07) is 4.93. The second-order valence-corrected chi connectivity index (χ2v) is 5.70. The number of alkyl halides is 3. The SMILES string of the molecule is CNc1snc(C)c1C(=O)NCCc1ccc(C(F)(F)F)cc1. The van der Waals surface area contributed by atoms with Gasteiger partial charge in [-0.3, -0.25) is 4.79 Å². The lowest BCUT2D eigenvalue weighted by atomic mass is 10.1. The Hall–Kier alpha value is -2.09. The molecule has 4 nitrogen and oxygen atoms in total. The van der Waals surface area contributed by atoms with Crippen LogP contribution in [0.25, 0.3) is 0 Å². The Kier molecular flexibility index (Phi) is 5.25. The summed E-state index contributed by atoms with van der Waals surface area (Å²) in [5, 5.41) is 6.36. The third-order valence-corrected chi connectivity index (χ3v) is 4.25. The topological polar surface area (TPSA) is 54.0 Å². The molecular formula is C15H16F3N3OS. The average molecular weight is 343 g/mol. The highest BCUT2D eigenvalue weighted by atomic mass is 32.1. The molecule has 2 rings (SSSR count). The van der Waals surface area contributed by atoms with Crippen LogP contribution in [0.4, 0.5) is 18.2 Å². The highest BCUT2D eigenvalue weighted by molar-refractivity contribution is 7.10. The molecule has 0 radical (unpaired) electrons. The monoisotopic (exact) mass is 343 g/mol. The molecule has 2 N–H and O–H groups in total. The van der Waals surface area contributed by atoms with E-state index in [1.165, 1.54) is 23.7 Å². The maximum absolute atomic E-state index is 12.5. The molecule has 0 atom stereocenters. The molecule has 0 aliphatic rings. The van der Waals surface area contributed by atoms with E-state index in [9.17, 15) is 18.0 Å². The van der Waals surface area contributed by atoms with Gasteiger partial charge < -0.3 is 10.6 Å². The van der Waals surface area contributed by atoms with E-state index in [2.05, 4.69) is 15.0 Å². The maximum Gasteiger partial charge on any atom is 0.416 e. The van der Waals surface area contributed by atoms with Gasteiger partial charge in [0.15, 0.2) is 0 Å². The number of hydrogen-bond donors (Lipinski definition) is 2. The predicted octanol–water partition coefficient (Wildman–Crippen LogP) is 3.48. The first-order chi connectivity index (χ1) is 10.8. The normalized spacial score (nSPS) is 11.3. The van der Waals surface area contributed by atoms with Crippen molar-refractivity contribution >= 4 is 22.4 Å². The van der Waals surface area contributed by atoms with Crippen molar-refractivity contribution in [3.8, 4) is 0 Å². The number of anilines is 1. The summed E-state index contributed by atoms with van der Waals surface area (Å²) in [7, 11) is 1.71. The smallest absolute Gasteiger partial charge is 0.378 e. The number of carbonyl (C=O) groups is 1. The molecule has 0 bridgehead atoms. The summed E-state index contributed by atoms with van der Waals surface area (Å²) in [6.45, 7) is 2.09. The van der Waals surface area contributed by atoms with E-state index in [1.54, 1.807) is 14.0 Å². The number of nitrogens with zero attached hydrogens (tertiary/aromatic N) is 1. The maximum atomic E-state index is 12.5. The molecule has 0 unspecified atom stereocenters. The van der Waals surface area contributed by atoms with Crippen molar-refractivity contribution in [3.63, 3.8) is 0 Å². The lowest BCUT2D eigenvalue weighted by Gasteiger charge is -2.09. The Bertz CT molecular complexity index is 680. The van der Waals surface area contributed by atoms with Crippen molar-refractivity contribution in [2.45, 2.75) is 19.5 Å². The third-order valence-electron chi connectivity index (χ3n) is 3.30. The molecule has 2 aromatic rings. The fourth-order valence-electron chi connectivity index (χ4n) is 2.08. The Morgan fingerprint density at radius 3 is 2.48 bits per heavy atom. The molecule has 0 saturated carbocycles. The van der Waals surface area contributed by atoms with Gasteiger partial charge in [0.25, 0.3) is 5.91 Å². The number of carbonyl (C=O) groups excluding carboxylic acids is 1. The molecule has 23 heavy (non-hydrogen) atoms. The van der Waals surface area contributed by atoms with Crippen molar-refractivity contribution in [2.75, 3.05) is 18.9 Å². The quantitative estimate of drug-likeness (QED) is 0.874. The van der Waals surface area contributed by atoms with Crippen LogP contribution in [-0.4, -0.2) is 23.9 Å². The zero-order chi connectivity index (χ0) is 17.0. The molecule has 8 heteroatoms. The first-order valence-corrected chi connectivity index (χ1v) is 7.68. The Morgan fingerprint density at radius 1 is 1.26 bits per heavy atom. The van der Waals surface area contributed by atoms with Crippen LogP contribution in [-0.2, 0) is 12.6 Å². The Balaban J connectivity index is 1.92. The highest BCUT2D eigenvalue weighted by Gasteiger charge is 2.29. The van der Waals surface area contributed by atoms with Crippen LogP contribution in [0.15, 0.2) is 24.3 Å². The number of halogens is 3. The van der Waals surface area contributed by atoms with Gasteiger partial charge in [0.05, 0.1) is 16.8 Å². The minimum atomic E-state index is -4.33. The lowest BCUT2D eigenvalue weighted by molar-refractivity contribution is -0.137. The molecule has 0 fully saturated rings. The van der Waals surface area contributed by atoms with Crippen LogP contribution in [0.3, 0.4) is 0 Å². The number of aryl methyl sites for hydroxylation is 1. The zero-order valence-corrected chi connectivity index (χ0v) is 13.4. The van der Waals surface area contributed by atoms with E-state index in [0.717, 1.165) is 17.7 Å². The number of nitrogens with one attached hydrogen (secondary N) is 2. The highest BCUT2D eigenvalue weighted by Crippen LogP contribution is 2.29. The van der Waals surface area contributed by atoms with E-state index in [-0.39, 0.29) is 5.91 Å². The zero-order valence-electron chi connectivity index (χ0n) is 12.6. The van der Waals surface area contributed by atoms with Crippen molar-refractivity contribution in [1.82, 2.24) is 9.69 Å². The van der Waals surface area contributed by atoms with Gasteiger partial charge in [-0.15, -0.1) is 0 Å². The van der Waals surface area contributed by atoms with Crippen LogP contribution >= 0.6 is 11.5 Å². The van der Waals surface area contributed by atoms with Gasteiger partial charge >= 0.3 is 6.18 Å². The van der Waals surface area contributed by atoms with Crippen molar-refractivity contribution in [1.29, 1.82) is 0 Å². The first kappa shape index (κ1) is 17.3. The van der Waals surface area contributed by atoms with Crippen LogP contribution in [0.5, 0.6) is 0 Å². The molecular weight excluding hydrogens is 327 g/mol. The molecule has 1 aromatic heterocycles. The largest absolute Gasteiger partial charge is 0.416 e. The van der Waals surface area contributed by atoms with E-state index in [1.807, 2.05) is 0 Å². The van der Waals surface area contributed by atoms with Crippen molar-refractivity contribution in [2.24, 2.45) is 0 Å². The van der Waals surface area contributed by atoms with Gasteiger partial charge in [-0.05, 0) is 42.6 Å². The number of rotatable bonds is 5. The fourth-order valence-corrected chi connectivity index (χ4v) is 2.82. The minimum Gasteiger partial charge on any atom is -0.378 e. The Labute approximate surface area is 135 Å². The third kappa shape index (κ3) is 4.22. The van der Waals surface area contributed by atoms with Crippen molar-refractivity contribution in [3.05, 3.63) is 46.6 Å². The molecule has 1 heterocycles. The van der Waals surface area contributed by atoms with Gasteiger partial charge in [0, 0.05) is 13.6 Å². The van der Waals surface area contributed by atoms with E-state index in [0.29, 0.717) is 29.2 Å². The number of amides is 1. The van der Waals surface area contributed by atoms with Gasteiger partial charge in [-0.2, -0.15) is 17.5 Å². The fraction of sp³-hybridized carbons (Fsp3) is 0.333. The van der Waals surface area contributed by atoms with E-state index < -0.39 is 11.7 Å². The first-order valence-electron chi connectivity index (χ1n) is 6.91. The number of aromatic nitrogens is 1. The van der Waals surface area contributed by atoms with Gasteiger partial charge in [-0.25, -0.2) is 0 Å². The summed E-state index contributed by atoms with van der Waals surface area (Å²) in [4.78, 5) is 12.1. The molecule has 0 saturated heterocycles. The molecule has 1 aromatic carbocycles. The summed E-state index contributed by atoms with van der Waals surface area (Å²) in [6.07, 6.45) is -3.88. The summed E-state index contributed by atoms with van der Waals surface area (Å²) in [5.41, 5.74) is 1.20. The van der Waals surface area contributed by atoms with Crippen molar-refractivity contribution < 1.29 is 18.0 Å². The van der Waals surface area contributed by atoms with Crippen LogP contribution in [0.1, 0.15) is 27.2 Å². The number of benzene rings is 1. The molecule has 0 aliphatic carbocycles. The van der Waals surface area contributed by atoms with Crippen LogP contribution in [0.2, 0.25) is 0 Å².